The Balaban J connectivity index is 2.12. The summed E-state index contributed by atoms with van der Waals surface area (Å²) in [6.45, 7) is 0. The molecule has 1 unspecified atom stereocenters. The number of halogens is 2. The Kier molecular flexibility index (Phi) is 4.14. The highest BCUT2D eigenvalue weighted by Gasteiger charge is 2.32. The minimum Gasteiger partial charge on any atom is -0.495 e. The van der Waals surface area contributed by atoms with Crippen LogP contribution < -0.4 is 10.1 Å². The summed E-state index contributed by atoms with van der Waals surface area (Å²) in [4.78, 5) is 14.3. The molecule has 1 N–H and O–H groups in total. The van der Waals surface area contributed by atoms with Crippen molar-refractivity contribution in [1.82, 2.24) is 4.90 Å². The summed E-state index contributed by atoms with van der Waals surface area (Å²) in [5.41, 5.74) is 2.39. The number of hydrogen-bond acceptors (Lipinski definition) is 3. The van der Waals surface area contributed by atoms with Crippen LogP contribution >= 0.6 is 31.9 Å². The molecular weight excluding hydrogens is 412 g/mol. The minimum absolute atomic E-state index is 0.0162. The Hall–Kier alpha value is -1.53. The first-order chi connectivity index (χ1) is 10.5. The molecule has 0 spiro atoms. The number of nitrogens with zero attached hydrogens (tertiary/aromatic N) is 1. The highest BCUT2D eigenvalue weighted by atomic mass is 79.9. The first-order valence-corrected chi connectivity index (χ1v) is 8.27. The first kappa shape index (κ1) is 15.4. The van der Waals surface area contributed by atoms with Gasteiger partial charge in [0.05, 0.1) is 17.1 Å². The molecule has 114 valence electrons. The standard InChI is InChI=1S/C16H14Br2N2O2/c1-20-15(11-7-9(17)8-12(18)14(11)22-2)19-13-6-4-3-5-10(13)16(20)21/h3-8,15,19H,1-2H3. The smallest absolute Gasteiger partial charge is 0.257 e. The molecule has 2 aromatic rings. The van der Waals surface area contributed by atoms with Crippen LogP contribution in [0.2, 0.25) is 0 Å². The summed E-state index contributed by atoms with van der Waals surface area (Å²) in [7, 11) is 3.40. The fourth-order valence-electron chi connectivity index (χ4n) is 2.63. The normalized spacial score (nSPS) is 17.0. The molecule has 0 saturated carbocycles. The van der Waals surface area contributed by atoms with Crippen molar-refractivity contribution < 1.29 is 9.53 Å². The number of fused-ring (bicyclic) bond motifs is 1. The second-order valence-corrected chi connectivity index (χ2v) is 6.79. The molecule has 1 aliphatic rings. The van der Waals surface area contributed by atoms with Crippen LogP contribution in [-0.4, -0.2) is 25.0 Å². The number of carbonyl (C=O) groups excluding carboxylic acids is 1. The van der Waals surface area contributed by atoms with Crippen LogP contribution in [0.4, 0.5) is 5.69 Å². The third-order valence-electron chi connectivity index (χ3n) is 3.69. The van der Waals surface area contributed by atoms with Gasteiger partial charge in [-0.25, -0.2) is 0 Å². The number of anilines is 1. The fourth-order valence-corrected chi connectivity index (χ4v) is 4.05. The van der Waals surface area contributed by atoms with Gasteiger partial charge in [-0.2, -0.15) is 0 Å². The Morgan fingerprint density at radius 3 is 2.68 bits per heavy atom. The van der Waals surface area contributed by atoms with Crippen LogP contribution in [0.25, 0.3) is 0 Å². The number of methoxy groups -OCH3 is 1. The average Bonchev–Trinajstić information content (AvgIpc) is 2.50. The molecule has 2 aromatic carbocycles. The van der Waals surface area contributed by atoms with E-state index in [9.17, 15) is 4.79 Å². The summed E-state index contributed by atoms with van der Waals surface area (Å²) < 4.78 is 7.26. The summed E-state index contributed by atoms with van der Waals surface area (Å²) in [5, 5.41) is 3.41. The van der Waals surface area contributed by atoms with E-state index in [1.165, 1.54) is 0 Å². The summed E-state index contributed by atoms with van der Waals surface area (Å²) >= 11 is 7.00. The van der Waals surface area contributed by atoms with E-state index in [1.54, 1.807) is 19.1 Å². The van der Waals surface area contributed by atoms with Crippen LogP contribution in [0.1, 0.15) is 22.1 Å². The number of nitrogens with one attached hydrogen (secondary N) is 1. The van der Waals surface area contributed by atoms with Crippen LogP contribution in [0.15, 0.2) is 45.3 Å². The molecule has 3 rings (SSSR count). The fraction of sp³-hybridized carbons (Fsp3) is 0.188. The highest BCUT2D eigenvalue weighted by Crippen LogP contribution is 2.40. The van der Waals surface area contributed by atoms with Crippen LogP contribution in [0.5, 0.6) is 5.75 Å². The number of ether oxygens (including phenoxy) is 1. The van der Waals surface area contributed by atoms with Gasteiger partial charge in [-0.1, -0.05) is 28.1 Å². The van der Waals surface area contributed by atoms with E-state index in [0.29, 0.717) is 11.3 Å². The number of benzene rings is 2. The van der Waals surface area contributed by atoms with Gasteiger partial charge < -0.3 is 15.0 Å². The maximum Gasteiger partial charge on any atom is 0.257 e. The number of amides is 1. The van der Waals surface area contributed by atoms with Crippen molar-refractivity contribution in [2.45, 2.75) is 6.17 Å². The summed E-state index contributed by atoms with van der Waals surface area (Å²) in [5.74, 6) is 0.692. The highest BCUT2D eigenvalue weighted by molar-refractivity contribution is 9.11. The predicted molar refractivity (Wildman–Crippen MR) is 93.3 cm³/mol. The van der Waals surface area contributed by atoms with E-state index in [-0.39, 0.29) is 12.1 Å². The minimum atomic E-state index is -0.300. The molecule has 6 heteroatoms. The molecule has 0 aliphatic carbocycles. The van der Waals surface area contributed by atoms with E-state index >= 15 is 0 Å². The Bertz CT molecular complexity index is 749. The van der Waals surface area contributed by atoms with Crippen molar-refractivity contribution in [3.8, 4) is 5.75 Å². The monoisotopic (exact) mass is 424 g/mol. The van der Waals surface area contributed by atoms with Crippen molar-refractivity contribution in [1.29, 1.82) is 0 Å². The lowest BCUT2D eigenvalue weighted by atomic mass is 10.0. The maximum atomic E-state index is 12.6. The molecular formula is C16H14Br2N2O2. The van der Waals surface area contributed by atoms with E-state index in [1.807, 2.05) is 36.4 Å². The van der Waals surface area contributed by atoms with Crippen LogP contribution in [0.3, 0.4) is 0 Å². The van der Waals surface area contributed by atoms with Crippen molar-refractivity contribution in [3.05, 3.63) is 56.5 Å². The lowest BCUT2D eigenvalue weighted by Crippen LogP contribution is -2.40. The molecule has 4 nitrogen and oxygen atoms in total. The molecule has 0 radical (unpaired) electrons. The molecule has 0 bridgehead atoms. The van der Waals surface area contributed by atoms with E-state index in [0.717, 1.165) is 20.2 Å². The third kappa shape index (κ3) is 2.50. The van der Waals surface area contributed by atoms with Crippen molar-refractivity contribution in [2.24, 2.45) is 0 Å². The second kappa shape index (κ2) is 5.93. The van der Waals surface area contributed by atoms with Gasteiger partial charge in [0.1, 0.15) is 11.9 Å². The molecule has 1 heterocycles. The Morgan fingerprint density at radius 2 is 1.95 bits per heavy atom. The maximum absolute atomic E-state index is 12.6. The summed E-state index contributed by atoms with van der Waals surface area (Å²) in [6.07, 6.45) is -0.300. The van der Waals surface area contributed by atoms with Gasteiger partial charge in [0.15, 0.2) is 0 Å². The Labute approximate surface area is 145 Å². The number of carbonyl (C=O) groups is 1. The largest absolute Gasteiger partial charge is 0.495 e. The predicted octanol–water partition coefficient (Wildman–Crippen LogP) is 4.42. The first-order valence-electron chi connectivity index (χ1n) is 6.68. The SMILES string of the molecule is COc1c(Br)cc(Br)cc1C1Nc2ccccc2C(=O)N1C. The quantitative estimate of drug-likeness (QED) is 0.774. The lowest BCUT2D eigenvalue weighted by Gasteiger charge is -2.36. The molecule has 1 aliphatic heterocycles. The number of para-hydroxylation sites is 1. The van der Waals surface area contributed by atoms with Gasteiger partial charge in [-0.3, -0.25) is 4.79 Å². The third-order valence-corrected chi connectivity index (χ3v) is 4.74. The second-order valence-electron chi connectivity index (χ2n) is 5.02. The van der Waals surface area contributed by atoms with Crippen molar-refractivity contribution in [2.75, 3.05) is 19.5 Å². The molecule has 22 heavy (non-hydrogen) atoms. The van der Waals surface area contributed by atoms with Gasteiger partial charge in [0, 0.05) is 22.8 Å². The zero-order valence-electron chi connectivity index (χ0n) is 12.1. The van der Waals surface area contributed by atoms with E-state index in [2.05, 4.69) is 37.2 Å². The molecule has 0 saturated heterocycles. The van der Waals surface area contributed by atoms with Gasteiger partial charge in [-0.15, -0.1) is 0 Å². The van der Waals surface area contributed by atoms with Gasteiger partial charge >= 0.3 is 0 Å². The zero-order valence-corrected chi connectivity index (χ0v) is 15.2. The molecule has 1 amide bonds. The number of hydrogen-bond donors (Lipinski definition) is 1. The van der Waals surface area contributed by atoms with Crippen LogP contribution in [0, 0.1) is 0 Å². The van der Waals surface area contributed by atoms with Crippen molar-refractivity contribution in [3.63, 3.8) is 0 Å². The lowest BCUT2D eigenvalue weighted by molar-refractivity contribution is 0.0734. The van der Waals surface area contributed by atoms with Crippen molar-refractivity contribution >= 4 is 43.5 Å². The molecule has 0 aromatic heterocycles. The van der Waals surface area contributed by atoms with Gasteiger partial charge in [0.25, 0.3) is 5.91 Å². The average molecular weight is 426 g/mol. The number of rotatable bonds is 2. The topological polar surface area (TPSA) is 41.6 Å². The molecule has 1 atom stereocenters. The molecule has 0 fully saturated rings. The van der Waals surface area contributed by atoms with E-state index < -0.39 is 0 Å². The Morgan fingerprint density at radius 1 is 1.23 bits per heavy atom. The van der Waals surface area contributed by atoms with E-state index in [4.69, 9.17) is 4.74 Å². The van der Waals surface area contributed by atoms with Gasteiger partial charge in [-0.05, 0) is 40.2 Å². The summed E-state index contributed by atoms with van der Waals surface area (Å²) in [6, 6.07) is 11.4. The zero-order chi connectivity index (χ0) is 15.9. The van der Waals surface area contributed by atoms with Crippen LogP contribution in [-0.2, 0) is 0 Å². The van der Waals surface area contributed by atoms with Gasteiger partial charge in [0.2, 0.25) is 0 Å².